The molecule has 3 aliphatic carbocycles. The Morgan fingerprint density at radius 1 is 1.34 bits per heavy atom. The zero-order valence-corrected chi connectivity index (χ0v) is 16.9. The van der Waals surface area contributed by atoms with E-state index in [4.69, 9.17) is 9.47 Å². The van der Waals surface area contributed by atoms with Crippen molar-refractivity contribution in [1.82, 2.24) is 0 Å². The second-order valence-electron chi connectivity index (χ2n) is 9.62. The number of ketones is 1. The van der Waals surface area contributed by atoms with Crippen LogP contribution in [0.4, 0.5) is 0 Å². The molecule has 0 radical (unpaired) electrons. The Balaban J connectivity index is 1.81. The van der Waals surface area contributed by atoms with Crippen molar-refractivity contribution in [1.29, 1.82) is 0 Å². The predicted molar refractivity (Wildman–Crippen MR) is 100 cm³/mol. The molecule has 2 spiro atoms. The van der Waals surface area contributed by atoms with Gasteiger partial charge in [-0.3, -0.25) is 14.4 Å². The Morgan fingerprint density at radius 2 is 2.07 bits per heavy atom. The van der Waals surface area contributed by atoms with Crippen LogP contribution in [-0.2, 0) is 28.7 Å². The van der Waals surface area contributed by atoms with Crippen molar-refractivity contribution in [3.05, 3.63) is 12.2 Å². The number of aliphatic hydroxyl groups excluding tert-OH is 1. The molecule has 7 atom stereocenters. The summed E-state index contributed by atoms with van der Waals surface area (Å²) in [4.78, 5) is 50.0. The van der Waals surface area contributed by atoms with Gasteiger partial charge in [-0.15, -0.1) is 0 Å². The monoisotopic (exact) mass is 404 g/mol. The smallest absolute Gasteiger partial charge is 0.320 e. The van der Waals surface area contributed by atoms with Crippen molar-refractivity contribution in [3.63, 3.8) is 0 Å². The number of aliphatic hydroxyl groups is 1. The summed E-state index contributed by atoms with van der Waals surface area (Å²) in [6, 6.07) is 0. The van der Waals surface area contributed by atoms with E-state index in [-0.39, 0.29) is 30.8 Å². The fourth-order valence-corrected chi connectivity index (χ4v) is 6.83. The summed E-state index contributed by atoms with van der Waals surface area (Å²) < 4.78 is 10.8. The lowest BCUT2D eigenvalue weighted by atomic mass is 9.44. The largest absolute Gasteiger partial charge is 0.465 e. The number of cyclic esters (lactones) is 1. The zero-order valence-electron chi connectivity index (χ0n) is 16.9. The third-order valence-corrected chi connectivity index (χ3v) is 8.38. The van der Waals surface area contributed by atoms with Gasteiger partial charge in [-0.1, -0.05) is 13.5 Å². The Morgan fingerprint density at radius 3 is 2.72 bits per heavy atom. The van der Waals surface area contributed by atoms with Gasteiger partial charge in [-0.25, -0.2) is 0 Å². The first-order valence-electron chi connectivity index (χ1n) is 10.3. The highest BCUT2D eigenvalue weighted by atomic mass is 16.5. The fourth-order valence-electron chi connectivity index (χ4n) is 6.83. The van der Waals surface area contributed by atoms with E-state index < -0.39 is 40.2 Å². The first kappa shape index (κ1) is 20.3. The summed E-state index contributed by atoms with van der Waals surface area (Å²) in [5, 5.41) is 10.8. The number of ether oxygens (including phenoxy) is 2. The molecule has 4 rings (SSSR count). The van der Waals surface area contributed by atoms with Gasteiger partial charge in [0.2, 0.25) is 0 Å². The average molecular weight is 404 g/mol. The third-order valence-electron chi connectivity index (χ3n) is 8.38. The van der Waals surface area contributed by atoms with Gasteiger partial charge in [0, 0.05) is 23.7 Å². The van der Waals surface area contributed by atoms with Crippen LogP contribution in [0, 0.1) is 34.0 Å². The first-order valence-corrected chi connectivity index (χ1v) is 10.3. The van der Waals surface area contributed by atoms with E-state index in [0.29, 0.717) is 31.3 Å². The van der Waals surface area contributed by atoms with Crippen molar-refractivity contribution in [2.75, 3.05) is 13.2 Å². The van der Waals surface area contributed by atoms with Crippen LogP contribution in [0.2, 0.25) is 0 Å². The van der Waals surface area contributed by atoms with Gasteiger partial charge >= 0.3 is 11.9 Å². The molecule has 1 aliphatic heterocycles. The predicted octanol–water partition coefficient (Wildman–Crippen LogP) is 1.61. The first-order chi connectivity index (χ1) is 13.6. The van der Waals surface area contributed by atoms with E-state index in [1.807, 2.05) is 0 Å². The van der Waals surface area contributed by atoms with Gasteiger partial charge in [0.05, 0.1) is 19.3 Å². The molecular formula is C22H28O7. The highest BCUT2D eigenvalue weighted by molar-refractivity contribution is 6.15. The number of hydrogen-bond donors (Lipinski definition) is 1. The Bertz CT molecular complexity index is 803. The standard InChI is InChI=1S/C22H28O7/c1-12-14-4-5-15-21(11-29-19(27)22(15,8-14)18(12)26)7-6-17(25)20(3,16(21)9-23)10-28-13(2)24/h9,14-17,25H,1,4-8,10-11H2,2-3H3/t14-,15+,16-,17+,20+,21-,22-/m1/s1. The second-order valence-corrected chi connectivity index (χ2v) is 9.62. The van der Waals surface area contributed by atoms with Crippen molar-refractivity contribution in [3.8, 4) is 0 Å². The maximum atomic E-state index is 13.2. The molecule has 2 bridgehead atoms. The third kappa shape index (κ3) is 2.46. The summed E-state index contributed by atoms with van der Waals surface area (Å²) in [6.45, 7) is 6.89. The van der Waals surface area contributed by atoms with Crippen LogP contribution in [0.5, 0.6) is 0 Å². The molecule has 29 heavy (non-hydrogen) atoms. The van der Waals surface area contributed by atoms with Crippen molar-refractivity contribution in [2.45, 2.75) is 52.1 Å². The lowest BCUT2D eigenvalue weighted by Gasteiger charge is -2.61. The Kier molecular flexibility index (Phi) is 4.53. The van der Waals surface area contributed by atoms with Gasteiger partial charge in [-0.05, 0) is 49.5 Å². The molecule has 4 aliphatic rings. The van der Waals surface area contributed by atoms with Crippen LogP contribution >= 0.6 is 0 Å². The maximum Gasteiger partial charge on any atom is 0.320 e. The molecule has 4 fully saturated rings. The van der Waals surface area contributed by atoms with Crippen molar-refractivity contribution in [2.24, 2.45) is 34.0 Å². The summed E-state index contributed by atoms with van der Waals surface area (Å²) in [6.07, 6.45) is 2.59. The molecule has 0 aromatic carbocycles. The van der Waals surface area contributed by atoms with Crippen LogP contribution < -0.4 is 0 Å². The van der Waals surface area contributed by atoms with Crippen LogP contribution in [0.3, 0.4) is 0 Å². The number of aldehydes is 1. The van der Waals surface area contributed by atoms with E-state index >= 15 is 0 Å². The molecule has 0 unspecified atom stereocenters. The Hall–Kier alpha value is -2.02. The van der Waals surface area contributed by atoms with E-state index in [1.165, 1.54) is 6.92 Å². The molecule has 0 aromatic heterocycles. The van der Waals surface area contributed by atoms with Gasteiger partial charge in [-0.2, -0.15) is 0 Å². The van der Waals surface area contributed by atoms with E-state index in [9.17, 15) is 24.3 Å². The Labute approximate surface area is 169 Å². The molecule has 1 N–H and O–H groups in total. The molecule has 7 heteroatoms. The molecule has 1 saturated heterocycles. The second kappa shape index (κ2) is 6.49. The molecular weight excluding hydrogens is 376 g/mol. The van der Waals surface area contributed by atoms with Gasteiger partial charge in [0.1, 0.15) is 11.7 Å². The molecule has 0 aromatic rings. The minimum absolute atomic E-state index is 0.0160. The quantitative estimate of drug-likeness (QED) is 0.330. The molecule has 158 valence electrons. The van der Waals surface area contributed by atoms with Gasteiger partial charge < -0.3 is 19.4 Å². The van der Waals surface area contributed by atoms with Crippen LogP contribution in [0.15, 0.2) is 12.2 Å². The normalized spacial score (nSPS) is 46.2. The molecule has 0 amide bonds. The zero-order chi connectivity index (χ0) is 21.2. The lowest BCUT2D eigenvalue weighted by Crippen LogP contribution is -2.66. The van der Waals surface area contributed by atoms with Crippen LogP contribution in [-0.4, -0.2) is 48.4 Å². The minimum atomic E-state index is -1.27. The van der Waals surface area contributed by atoms with E-state index in [1.54, 1.807) is 6.92 Å². The van der Waals surface area contributed by atoms with Crippen LogP contribution in [0.1, 0.15) is 46.0 Å². The topological polar surface area (TPSA) is 107 Å². The average Bonchev–Trinajstić information content (AvgIpc) is 2.88. The SMILES string of the molecule is C=C1C(=O)[C@@]23C[C@H]1CC[C@H]2[C@@]1(CC[C@H](O)[C@@](C)(COC(C)=O)[C@H]1C=O)COC3=O. The van der Waals surface area contributed by atoms with Crippen molar-refractivity contribution >= 4 is 24.0 Å². The van der Waals surface area contributed by atoms with Crippen molar-refractivity contribution < 1.29 is 33.8 Å². The summed E-state index contributed by atoms with van der Waals surface area (Å²) in [5.74, 6) is -2.31. The van der Waals surface area contributed by atoms with E-state index in [2.05, 4.69) is 6.58 Å². The minimum Gasteiger partial charge on any atom is -0.465 e. The number of rotatable bonds is 3. The maximum absolute atomic E-state index is 13.2. The molecule has 7 nitrogen and oxygen atoms in total. The highest BCUT2D eigenvalue weighted by Gasteiger charge is 2.73. The molecule has 1 heterocycles. The lowest BCUT2D eigenvalue weighted by molar-refractivity contribution is -0.226. The highest BCUT2D eigenvalue weighted by Crippen LogP contribution is 2.67. The number of carbonyl (C=O) groups excluding carboxylic acids is 4. The number of Topliss-reactive ketones (excluding diaryl/α,β-unsaturated/α-hetero) is 1. The van der Waals surface area contributed by atoms with Gasteiger partial charge in [0.15, 0.2) is 5.78 Å². The number of allylic oxidation sites excluding steroid dienone is 1. The van der Waals surface area contributed by atoms with Crippen LogP contribution in [0.25, 0.3) is 0 Å². The van der Waals surface area contributed by atoms with E-state index in [0.717, 1.165) is 12.7 Å². The summed E-state index contributed by atoms with van der Waals surface area (Å²) in [5.41, 5.74) is -2.58. The number of carbonyl (C=O) groups is 4. The van der Waals surface area contributed by atoms with Gasteiger partial charge in [0.25, 0.3) is 0 Å². The number of hydrogen-bond acceptors (Lipinski definition) is 7. The summed E-state index contributed by atoms with van der Waals surface area (Å²) >= 11 is 0. The number of fused-ring (bicyclic) bond motifs is 2. The molecule has 3 saturated carbocycles. The summed E-state index contributed by atoms with van der Waals surface area (Å²) in [7, 11) is 0. The number of esters is 2. The fraction of sp³-hybridized carbons (Fsp3) is 0.727.